The lowest BCUT2D eigenvalue weighted by Gasteiger charge is -2.22. The van der Waals surface area contributed by atoms with Gasteiger partial charge < -0.3 is 29.5 Å². The molecule has 0 spiro atoms. The van der Waals surface area contributed by atoms with Crippen molar-refractivity contribution in [3.8, 4) is 5.75 Å². The second kappa shape index (κ2) is 7.29. The van der Waals surface area contributed by atoms with Crippen LogP contribution in [-0.2, 0) is 14.3 Å². The Labute approximate surface area is 143 Å². The smallest absolute Gasteiger partial charge is 0.408 e. The lowest BCUT2D eigenvalue weighted by Crippen LogP contribution is -2.47. The van der Waals surface area contributed by atoms with Gasteiger partial charge in [0.15, 0.2) is 6.04 Å². The van der Waals surface area contributed by atoms with Gasteiger partial charge in [0, 0.05) is 6.07 Å². The van der Waals surface area contributed by atoms with Gasteiger partial charge in [-0.3, -0.25) is 0 Å². The minimum absolute atomic E-state index is 0.161. The molecule has 1 aromatic carbocycles. The molecule has 2 rings (SSSR count). The van der Waals surface area contributed by atoms with E-state index in [0.29, 0.717) is 16.8 Å². The third kappa shape index (κ3) is 5.27. The molecule has 136 valence electrons. The quantitative estimate of drug-likeness (QED) is 0.698. The number of benzene rings is 1. The standard InChI is InChI=1S/C16H21N3O6/c1-16(2,3)25-15(22)19-12(13(20)23-4)8-24-9-5-6-10-11(7-9)18-14(21)17-10/h5-7,12H,8H2,1-4H3,(H,19,22)(H2,17,18,21)/t12-/m0/s1. The number of nitrogens with one attached hydrogen (secondary N) is 3. The van der Waals surface area contributed by atoms with Gasteiger partial charge in [-0.25, -0.2) is 14.4 Å². The first kappa shape index (κ1) is 18.4. The van der Waals surface area contributed by atoms with Crippen molar-refractivity contribution in [3.63, 3.8) is 0 Å². The summed E-state index contributed by atoms with van der Waals surface area (Å²) < 4.78 is 15.3. The first-order valence-electron chi connectivity index (χ1n) is 7.60. The molecule has 0 aliphatic carbocycles. The van der Waals surface area contributed by atoms with Crippen molar-refractivity contribution in [2.45, 2.75) is 32.4 Å². The van der Waals surface area contributed by atoms with Crippen molar-refractivity contribution in [1.29, 1.82) is 0 Å². The van der Waals surface area contributed by atoms with E-state index < -0.39 is 23.7 Å². The van der Waals surface area contributed by atoms with Crippen LogP contribution in [0.25, 0.3) is 11.0 Å². The highest BCUT2D eigenvalue weighted by atomic mass is 16.6. The number of fused-ring (bicyclic) bond motifs is 1. The summed E-state index contributed by atoms with van der Waals surface area (Å²) in [7, 11) is 1.21. The zero-order valence-electron chi connectivity index (χ0n) is 14.5. The van der Waals surface area contributed by atoms with Gasteiger partial charge in [0.05, 0.1) is 18.1 Å². The average molecular weight is 351 g/mol. The van der Waals surface area contributed by atoms with E-state index in [1.54, 1.807) is 39.0 Å². The summed E-state index contributed by atoms with van der Waals surface area (Å²) in [4.78, 5) is 40.1. The normalized spacial score (nSPS) is 12.5. The third-order valence-electron chi connectivity index (χ3n) is 3.08. The van der Waals surface area contributed by atoms with E-state index in [-0.39, 0.29) is 12.3 Å². The molecule has 0 unspecified atom stereocenters. The molecular weight excluding hydrogens is 330 g/mol. The molecule has 1 amide bonds. The van der Waals surface area contributed by atoms with E-state index in [1.807, 2.05) is 0 Å². The molecule has 2 aromatic rings. The van der Waals surface area contributed by atoms with E-state index in [4.69, 9.17) is 9.47 Å². The van der Waals surface area contributed by atoms with Gasteiger partial charge in [0.25, 0.3) is 0 Å². The molecule has 3 N–H and O–H groups in total. The molecule has 1 aromatic heterocycles. The maximum absolute atomic E-state index is 11.8. The molecule has 1 atom stereocenters. The summed E-state index contributed by atoms with van der Waals surface area (Å²) in [6, 6.07) is 3.86. The molecule has 0 fully saturated rings. The molecule has 0 aliphatic heterocycles. The molecule has 0 bridgehead atoms. The van der Waals surface area contributed by atoms with Gasteiger partial charge in [-0.05, 0) is 32.9 Å². The Kier molecular flexibility index (Phi) is 5.35. The van der Waals surface area contributed by atoms with Gasteiger partial charge in [-0.1, -0.05) is 0 Å². The number of imidazole rings is 1. The Morgan fingerprint density at radius 3 is 2.52 bits per heavy atom. The highest BCUT2D eigenvalue weighted by Gasteiger charge is 2.25. The second-order valence-corrected chi connectivity index (χ2v) is 6.32. The first-order chi connectivity index (χ1) is 11.7. The first-order valence-corrected chi connectivity index (χ1v) is 7.60. The fraction of sp³-hybridized carbons (Fsp3) is 0.438. The summed E-state index contributed by atoms with van der Waals surface area (Å²) in [6.45, 7) is 4.97. The Bertz CT molecular complexity index is 817. The van der Waals surface area contributed by atoms with Gasteiger partial charge in [0.2, 0.25) is 0 Å². The maximum atomic E-state index is 11.8. The van der Waals surface area contributed by atoms with E-state index in [0.717, 1.165) is 0 Å². The number of carbonyl (C=O) groups excluding carboxylic acids is 2. The number of amides is 1. The topological polar surface area (TPSA) is 123 Å². The summed E-state index contributed by atoms with van der Waals surface area (Å²) in [5.74, 6) is -0.246. The van der Waals surface area contributed by atoms with Crippen molar-refractivity contribution in [2.24, 2.45) is 0 Å². The molecule has 0 aliphatic rings. The van der Waals surface area contributed by atoms with Gasteiger partial charge in [0.1, 0.15) is 18.0 Å². The van der Waals surface area contributed by atoms with E-state index >= 15 is 0 Å². The van der Waals surface area contributed by atoms with Crippen LogP contribution in [0.1, 0.15) is 20.8 Å². The van der Waals surface area contributed by atoms with Crippen LogP contribution in [-0.4, -0.2) is 47.4 Å². The Balaban J connectivity index is 2.04. The van der Waals surface area contributed by atoms with Gasteiger partial charge in [-0.15, -0.1) is 0 Å². The Morgan fingerprint density at radius 2 is 1.88 bits per heavy atom. The highest BCUT2D eigenvalue weighted by Crippen LogP contribution is 2.17. The summed E-state index contributed by atoms with van der Waals surface area (Å²) in [5.41, 5.74) is 0.175. The monoisotopic (exact) mass is 351 g/mol. The number of hydrogen-bond acceptors (Lipinski definition) is 6. The van der Waals surface area contributed by atoms with Crippen LogP contribution in [0.5, 0.6) is 5.75 Å². The molecule has 9 nitrogen and oxygen atoms in total. The minimum Gasteiger partial charge on any atom is -0.491 e. The average Bonchev–Trinajstić information content (AvgIpc) is 2.88. The number of H-pyrrole nitrogens is 2. The van der Waals surface area contributed by atoms with Crippen molar-refractivity contribution < 1.29 is 23.8 Å². The van der Waals surface area contributed by atoms with Gasteiger partial charge in [-0.2, -0.15) is 0 Å². The molecule has 1 heterocycles. The fourth-order valence-electron chi connectivity index (χ4n) is 2.04. The van der Waals surface area contributed by atoms with Crippen LogP contribution in [0, 0.1) is 0 Å². The van der Waals surface area contributed by atoms with Crippen LogP contribution < -0.4 is 15.7 Å². The van der Waals surface area contributed by atoms with E-state index in [1.165, 1.54) is 7.11 Å². The number of esters is 1. The SMILES string of the molecule is COC(=O)[C@H](COc1ccc2[nH]c(=O)[nH]c2c1)NC(=O)OC(C)(C)C. The molecule has 0 radical (unpaired) electrons. The highest BCUT2D eigenvalue weighted by molar-refractivity contribution is 5.81. The maximum Gasteiger partial charge on any atom is 0.408 e. The van der Waals surface area contributed by atoms with Crippen molar-refractivity contribution in [3.05, 3.63) is 28.7 Å². The zero-order chi connectivity index (χ0) is 18.6. The molecule has 0 saturated carbocycles. The molecule has 25 heavy (non-hydrogen) atoms. The number of methoxy groups -OCH3 is 1. The molecular formula is C16H21N3O6. The zero-order valence-corrected chi connectivity index (χ0v) is 14.5. The summed E-state index contributed by atoms with van der Waals surface area (Å²) in [5, 5.41) is 2.41. The number of aromatic amines is 2. The Morgan fingerprint density at radius 1 is 1.20 bits per heavy atom. The Hall–Kier alpha value is -2.97. The molecule has 9 heteroatoms. The largest absolute Gasteiger partial charge is 0.491 e. The van der Waals surface area contributed by atoms with Gasteiger partial charge >= 0.3 is 17.8 Å². The predicted octanol–water partition coefficient (Wildman–Crippen LogP) is 1.30. The van der Waals surface area contributed by atoms with Crippen LogP contribution in [0.15, 0.2) is 23.0 Å². The predicted molar refractivity (Wildman–Crippen MR) is 89.6 cm³/mol. The van der Waals surface area contributed by atoms with Crippen LogP contribution in [0.3, 0.4) is 0 Å². The number of alkyl carbamates (subject to hydrolysis) is 1. The van der Waals surface area contributed by atoms with Crippen LogP contribution in [0.2, 0.25) is 0 Å². The summed E-state index contributed by atoms with van der Waals surface area (Å²) >= 11 is 0. The minimum atomic E-state index is -1.04. The molecule has 0 saturated heterocycles. The van der Waals surface area contributed by atoms with Crippen LogP contribution >= 0.6 is 0 Å². The lowest BCUT2D eigenvalue weighted by atomic mass is 10.2. The van der Waals surface area contributed by atoms with Crippen molar-refractivity contribution in [2.75, 3.05) is 13.7 Å². The number of ether oxygens (including phenoxy) is 3. The van der Waals surface area contributed by atoms with Crippen molar-refractivity contribution in [1.82, 2.24) is 15.3 Å². The summed E-state index contributed by atoms with van der Waals surface area (Å²) in [6.07, 6.45) is -0.753. The number of hydrogen-bond donors (Lipinski definition) is 3. The number of aromatic nitrogens is 2. The van der Waals surface area contributed by atoms with E-state index in [9.17, 15) is 14.4 Å². The number of carbonyl (C=O) groups is 2. The third-order valence-corrected chi connectivity index (χ3v) is 3.08. The number of rotatable bonds is 5. The van der Waals surface area contributed by atoms with E-state index in [2.05, 4.69) is 20.0 Å². The fourth-order valence-corrected chi connectivity index (χ4v) is 2.04. The van der Waals surface area contributed by atoms with Crippen LogP contribution in [0.4, 0.5) is 4.79 Å². The second-order valence-electron chi connectivity index (χ2n) is 6.32. The van der Waals surface area contributed by atoms with Crippen molar-refractivity contribution >= 4 is 23.1 Å². The lowest BCUT2D eigenvalue weighted by molar-refractivity contribution is -0.143.